The van der Waals surface area contributed by atoms with Gasteiger partial charge < -0.3 is 4.90 Å². The molecule has 0 amide bonds. The molecule has 0 bridgehead atoms. The van der Waals surface area contributed by atoms with Crippen molar-refractivity contribution in [1.82, 2.24) is 4.90 Å². The number of fused-ring (bicyclic) bond motifs is 1. The summed E-state index contributed by atoms with van der Waals surface area (Å²) >= 11 is 6.78. The van der Waals surface area contributed by atoms with Crippen LogP contribution in [0.3, 0.4) is 0 Å². The van der Waals surface area contributed by atoms with Crippen LogP contribution in [0.2, 0.25) is 0 Å². The molecule has 0 aliphatic carbocycles. The van der Waals surface area contributed by atoms with Crippen molar-refractivity contribution in [2.45, 2.75) is 18.2 Å². The standard InChI is InChI=1S/C7H8FNS2/c8-2-1-5-4-9-6(10)3-7(9)11-5/h4,7H,1-3H2/t7-/m1/s1. The molecule has 0 radical (unpaired) electrons. The van der Waals surface area contributed by atoms with Crippen molar-refractivity contribution < 1.29 is 4.39 Å². The Kier molecular flexibility index (Phi) is 1.89. The van der Waals surface area contributed by atoms with Gasteiger partial charge in [0.05, 0.1) is 17.0 Å². The molecule has 4 heteroatoms. The maximum atomic E-state index is 11.9. The molecule has 2 aliphatic heterocycles. The van der Waals surface area contributed by atoms with Gasteiger partial charge in [-0.15, -0.1) is 11.8 Å². The zero-order valence-electron chi connectivity index (χ0n) is 5.92. The Bertz CT molecular complexity index is 226. The highest BCUT2D eigenvalue weighted by Crippen LogP contribution is 2.43. The number of halogens is 1. The van der Waals surface area contributed by atoms with Crippen LogP contribution in [0.5, 0.6) is 0 Å². The van der Waals surface area contributed by atoms with E-state index in [1.807, 2.05) is 6.20 Å². The lowest BCUT2D eigenvalue weighted by Crippen LogP contribution is -2.43. The SMILES string of the molecule is FCCC1=CN2C(=S)C[C@H]2S1. The summed E-state index contributed by atoms with van der Waals surface area (Å²) in [7, 11) is 0. The fourth-order valence-electron chi connectivity index (χ4n) is 1.23. The molecule has 0 N–H and O–H groups in total. The third-order valence-electron chi connectivity index (χ3n) is 1.86. The van der Waals surface area contributed by atoms with Gasteiger partial charge in [-0.3, -0.25) is 4.39 Å². The van der Waals surface area contributed by atoms with Crippen molar-refractivity contribution in [1.29, 1.82) is 0 Å². The molecule has 1 nitrogen and oxygen atoms in total. The molecule has 2 rings (SSSR count). The van der Waals surface area contributed by atoms with Gasteiger partial charge in [0.25, 0.3) is 0 Å². The van der Waals surface area contributed by atoms with Crippen molar-refractivity contribution in [2.75, 3.05) is 6.67 Å². The van der Waals surface area contributed by atoms with E-state index in [9.17, 15) is 4.39 Å². The molecule has 0 aromatic heterocycles. The van der Waals surface area contributed by atoms with Crippen LogP contribution >= 0.6 is 24.0 Å². The second-order valence-electron chi connectivity index (χ2n) is 2.61. The van der Waals surface area contributed by atoms with Crippen molar-refractivity contribution >= 4 is 29.0 Å². The Morgan fingerprint density at radius 1 is 1.82 bits per heavy atom. The minimum atomic E-state index is -0.258. The number of thiocarbonyl (C=S) groups is 1. The van der Waals surface area contributed by atoms with Crippen LogP contribution in [0.4, 0.5) is 4.39 Å². The summed E-state index contributed by atoms with van der Waals surface area (Å²) in [5.74, 6) is 0. The van der Waals surface area contributed by atoms with E-state index in [1.165, 1.54) is 0 Å². The van der Waals surface area contributed by atoms with Crippen molar-refractivity contribution in [2.24, 2.45) is 0 Å². The summed E-state index contributed by atoms with van der Waals surface area (Å²) in [4.78, 5) is 4.19. The maximum Gasteiger partial charge on any atom is 0.0940 e. The second-order valence-corrected chi connectivity index (χ2v) is 4.39. The van der Waals surface area contributed by atoms with Gasteiger partial charge in [0, 0.05) is 23.9 Å². The first-order chi connectivity index (χ1) is 5.31. The lowest BCUT2D eigenvalue weighted by atomic mass is 10.2. The molecular weight excluding hydrogens is 181 g/mol. The van der Waals surface area contributed by atoms with Gasteiger partial charge in [-0.2, -0.15) is 0 Å². The van der Waals surface area contributed by atoms with Crippen LogP contribution in [-0.4, -0.2) is 21.9 Å². The predicted octanol–water partition coefficient (Wildman–Crippen LogP) is 2.29. The topological polar surface area (TPSA) is 3.24 Å². The van der Waals surface area contributed by atoms with Crippen LogP contribution in [0.1, 0.15) is 12.8 Å². The highest BCUT2D eigenvalue weighted by atomic mass is 32.2. The molecule has 0 unspecified atom stereocenters. The molecule has 11 heavy (non-hydrogen) atoms. The summed E-state index contributed by atoms with van der Waals surface area (Å²) in [5.41, 5.74) is 0. The summed E-state index contributed by atoms with van der Waals surface area (Å²) in [6.45, 7) is -0.258. The number of hydrogen-bond acceptors (Lipinski definition) is 2. The molecule has 0 saturated carbocycles. The van der Waals surface area contributed by atoms with E-state index in [4.69, 9.17) is 12.2 Å². The second kappa shape index (κ2) is 2.75. The van der Waals surface area contributed by atoms with Crippen LogP contribution in [0, 0.1) is 0 Å². The number of thioether (sulfide) groups is 1. The van der Waals surface area contributed by atoms with E-state index in [2.05, 4.69) is 4.90 Å². The minimum absolute atomic E-state index is 0.258. The Morgan fingerprint density at radius 2 is 2.64 bits per heavy atom. The van der Waals surface area contributed by atoms with Crippen LogP contribution in [-0.2, 0) is 0 Å². The van der Waals surface area contributed by atoms with Crippen LogP contribution in [0.15, 0.2) is 11.1 Å². The number of rotatable bonds is 2. The average Bonchev–Trinajstić information content (AvgIpc) is 2.29. The van der Waals surface area contributed by atoms with Gasteiger partial charge in [-0.05, 0) is 0 Å². The van der Waals surface area contributed by atoms with Gasteiger partial charge in [-0.25, -0.2) is 0 Å². The zero-order valence-corrected chi connectivity index (χ0v) is 7.55. The van der Waals surface area contributed by atoms with E-state index in [0.29, 0.717) is 11.8 Å². The Morgan fingerprint density at radius 3 is 3.18 bits per heavy atom. The highest BCUT2D eigenvalue weighted by Gasteiger charge is 2.36. The first kappa shape index (κ1) is 7.55. The highest BCUT2D eigenvalue weighted by molar-refractivity contribution is 8.04. The largest absolute Gasteiger partial charge is 0.328 e. The molecule has 0 aromatic carbocycles. The van der Waals surface area contributed by atoms with E-state index in [1.54, 1.807) is 11.8 Å². The van der Waals surface area contributed by atoms with Crippen molar-refractivity contribution in [3.63, 3.8) is 0 Å². The van der Waals surface area contributed by atoms with Crippen molar-refractivity contribution in [3.8, 4) is 0 Å². The number of hydrogen-bond donors (Lipinski definition) is 0. The van der Waals surface area contributed by atoms with Gasteiger partial charge in [0.2, 0.25) is 0 Å². The van der Waals surface area contributed by atoms with Crippen molar-refractivity contribution in [3.05, 3.63) is 11.1 Å². The molecule has 1 fully saturated rings. The zero-order chi connectivity index (χ0) is 7.84. The molecule has 2 aliphatic rings. The van der Waals surface area contributed by atoms with Gasteiger partial charge in [-0.1, -0.05) is 12.2 Å². The fraction of sp³-hybridized carbons (Fsp3) is 0.571. The summed E-state index contributed by atoms with van der Waals surface area (Å²) in [5, 5.41) is 0.504. The van der Waals surface area contributed by atoms with E-state index in [-0.39, 0.29) is 6.67 Å². The van der Waals surface area contributed by atoms with Gasteiger partial charge >= 0.3 is 0 Å². The average molecular weight is 189 g/mol. The summed E-state index contributed by atoms with van der Waals surface area (Å²) < 4.78 is 11.9. The van der Waals surface area contributed by atoms with E-state index < -0.39 is 0 Å². The maximum absolute atomic E-state index is 11.9. The number of alkyl halides is 1. The first-order valence-electron chi connectivity index (χ1n) is 3.56. The normalized spacial score (nSPS) is 28.1. The predicted molar refractivity (Wildman–Crippen MR) is 49.1 cm³/mol. The first-order valence-corrected chi connectivity index (χ1v) is 4.84. The quantitative estimate of drug-likeness (QED) is 0.614. The van der Waals surface area contributed by atoms with Gasteiger partial charge in [0.1, 0.15) is 0 Å². The molecule has 0 spiro atoms. The molecule has 1 saturated heterocycles. The molecule has 0 aromatic rings. The van der Waals surface area contributed by atoms with Gasteiger partial charge in [0.15, 0.2) is 0 Å². The Labute approximate surface area is 74.6 Å². The lowest BCUT2D eigenvalue weighted by molar-refractivity contribution is 0.456. The summed E-state index contributed by atoms with van der Waals surface area (Å²) in [6.07, 6.45) is 3.54. The van der Waals surface area contributed by atoms with E-state index in [0.717, 1.165) is 16.3 Å². The Hall–Kier alpha value is -0.0900. The monoisotopic (exact) mass is 189 g/mol. The smallest absolute Gasteiger partial charge is 0.0940 e. The third-order valence-corrected chi connectivity index (χ3v) is 3.51. The molecule has 2 heterocycles. The fourth-order valence-corrected chi connectivity index (χ4v) is 3.00. The van der Waals surface area contributed by atoms with E-state index >= 15 is 0 Å². The van der Waals surface area contributed by atoms with Crippen LogP contribution in [0.25, 0.3) is 0 Å². The number of allylic oxidation sites excluding steroid dienone is 1. The molecular formula is C7H8FNS2. The molecule has 60 valence electrons. The summed E-state index contributed by atoms with van der Waals surface area (Å²) in [6, 6.07) is 0. The third kappa shape index (κ3) is 1.18. The number of nitrogens with zero attached hydrogens (tertiary/aromatic N) is 1. The Balaban J connectivity index is 2.00. The lowest BCUT2D eigenvalue weighted by Gasteiger charge is -2.35. The van der Waals surface area contributed by atoms with Crippen LogP contribution < -0.4 is 0 Å². The molecule has 1 atom stereocenters. The minimum Gasteiger partial charge on any atom is -0.328 e.